The fraction of sp³-hybridized carbons (Fsp3) is 0.0294. The van der Waals surface area contributed by atoms with E-state index in [-0.39, 0.29) is 5.41 Å². The van der Waals surface area contributed by atoms with Gasteiger partial charge in [-0.1, -0.05) is 206 Å². The van der Waals surface area contributed by atoms with Crippen molar-refractivity contribution in [1.29, 1.82) is 0 Å². The minimum absolute atomic E-state index is 0.267. The molecule has 2 aliphatic rings. The minimum atomic E-state index is -2.75. The Balaban J connectivity index is 0.927. The second kappa shape index (κ2) is 16.2. The molecule has 12 aromatic rings. The van der Waals surface area contributed by atoms with E-state index in [0.717, 1.165) is 22.7 Å². The van der Waals surface area contributed by atoms with E-state index in [1.807, 2.05) is 0 Å². The van der Waals surface area contributed by atoms with Crippen molar-refractivity contribution in [2.24, 2.45) is 0 Å². The second-order valence-electron chi connectivity index (χ2n) is 19.3. The number of fused-ring (bicyclic) bond motifs is 9. The molecule has 0 spiro atoms. The number of hydrogen-bond donors (Lipinski definition) is 0. The van der Waals surface area contributed by atoms with Gasteiger partial charge in [-0.05, 0) is 144 Å². The number of anilines is 3. The van der Waals surface area contributed by atoms with Crippen molar-refractivity contribution in [2.45, 2.75) is 12.3 Å². The Morgan fingerprint density at radius 2 is 0.859 bits per heavy atom. The highest BCUT2D eigenvalue weighted by molar-refractivity contribution is 7.22. The van der Waals surface area contributed by atoms with Gasteiger partial charge in [0.25, 0.3) is 0 Å². The molecule has 0 amide bonds. The molecule has 1 aliphatic heterocycles. The largest absolute Gasteiger partial charge is 0.311 e. The topological polar surface area (TPSA) is 8.17 Å². The molecular formula is C68H48N2Si. The van der Waals surface area contributed by atoms with Crippen LogP contribution in [0.4, 0.5) is 17.1 Å². The Morgan fingerprint density at radius 3 is 1.52 bits per heavy atom. The summed E-state index contributed by atoms with van der Waals surface area (Å²) in [5.41, 5.74) is 18.3. The van der Waals surface area contributed by atoms with Crippen LogP contribution in [0.1, 0.15) is 23.6 Å². The van der Waals surface area contributed by atoms with Crippen LogP contribution in [0, 0.1) is 0 Å². The molecule has 0 saturated heterocycles. The second-order valence-corrected chi connectivity index (χ2v) is 23.1. The van der Waals surface area contributed by atoms with Gasteiger partial charge in [0.15, 0.2) is 8.07 Å². The van der Waals surface area contributed by atoms with Crippen LogP contribution in [0.3, 0.4) is 0 Å². The van der Waals surface area contributed by atoms with Crippen LogP contribution in [0.5, 0.6) is 0 Å². The van der Waals surface area contributed by atoms with Crippen molar-refractivity contribution in [1.82, 2.24) is 4.57 Å². The molecule has 3 heteroatoms. The maximum Gasteiger partial charge on any atom is 0.180 e. The van der Waals surface area contributed by atoms with E-state index in [2.05, 4.69) is 289 Å². The molecule has 0 N–H and O–H groups in total. The van der Waals surface area contributed by atoms with Gasteiger partial charge in [0.2, 0.25) is 0 Å². The van der Waals surface area contributed by atoms with Crippen LogP contribution >= 0.6 is 0 Å². The highest BCUT2D eigenvalue weighted by Crippen LogP contribution is 2.53. The predicted octanol–water partition coefficient (Wildman–Crippen LogP) is 14.6. The van der Waals surface area contributed by atoms with E-state index in [0.29, 0.717) is 0 Å². The van der Waals surface area contributed by atoms with Crippen molar-refractivity contribution in [3.05, 3.63) is 290 Å². The summed E-state index contributed by atoms with van der Waals surface area (Å²) in [6.45, 7) is 2.39. The lowest BCUT2D eigenvalue weighted by Gasteiger charge is -2.33. The van der Waals surface area contributed by atoms with E-state index in [1.165, 1.54) is 92.6 Å². The molecule has 0 saturated carbocycles. The third-order valence-electron chi connectivity index (χ3n) is 15.8. The van der Waals surface area contributed by atoms with E-state index >= 15 is 0 Å². The molecule has 2 nitrogen and oxygen atoms in total. The standard InChI is InChI=1S/C68H48N2Si/c1-68(49-19-4-2-5-20-49)62-30-13-8-25-56(62)57-44-37-48(45-63(57)68)47-35-38-50(39-36-47)69(51-40-42-52(43-41-51)70-64-31-14-9-26-58(64)59-27-10-15-32-65(59)70)53-21-18-24-55(46-53)71(54-22-6-3-7-23-54)66-33-16-11-28-60(66)61-29-12-17-34-67(61)71/h2-46H,1H3. The summed E-state index contributed by atoms with van der Waals surface area (Å²) in [7, 11) is -2.75. The predicted molar refractivity (Wildman–Crippen MR) is 301 cm³/mol. The molecule has 71 heavy (non-hydrogen) atoms. The zero-order valence-corrected chi connectivity index (χ0v) is 40.4. The summed E-state index contributed by atoms with van der Waals surface area (Å²) in [5.74, 6) is 0. The third kappa shape index (κ3) is 6.13. The van der Waals surface area contributed by atoms with Gasteiger partial charge in [-0.3, -0.25) is 0 Å². The maximum atomic E-state index is 2.50. The van der Waals surface area contributed by atoms with Crippen molar-refractivity contribution >= 4 is 67.7 Å². The highest BCUT2D eigenvalue weighted by Gasteiger charge is 2.48. The normalized spacial score (nSPS) is 15.0. The van der Waals surface area contributed by atoms with Crippen molar-refractivity contribution in [3.63, 3.8) is 0 Å². The molecule has 1 unspecified atom stereocenters. The molecule has 11 aromatic carbocycles. The average Bonchev–Trinajstić information content (AvgIpc) is 4.04. The summed E-state index contributed by atoms with van der Waals surface area (Å²) < 4.78 is 2.40. The Kier molecular flexibility index (Phi) is 9.39. The van der Waals surface area contributed by atoms with Crippen molar-refractivity contribution in [2.75, 3.05) is 4.90 Å². The fourth-order valence-corrected chi connectivity index (χ4v) is 17.8. The molecule has 0 radical (unpaired) electrons. The molecule has 334 valence electrons. The molecule has 2 heterocycles. The van der Waals surface area contributed by atoms with Crippen LogP contribution in [0.2, 0.25) is 0 Å². The molecule has 1 atom stereocenters. The lowest BCUT2D eigenvalue weighted by molar-refractivity contribution is 0.714. The summed E-state index contributed by atoms with van der Waals surface area (Å²) in [6, 6.07) is 102. The van der Waals surface area contributed by atoms with Gasteiger partial charge in [-0.25, -0.2) is 0 Å². The van der Waals surface area contributed by atoms with Crippen LogP contribution in [0.15, 0.2) is 273 Å². The Labute approximate surface area is 416 Å². The molecule has 0 bridgehead atoms. The maximum absolute atomic E-state index is 2.75. The first-order valence-electron chi connectivity index (χ1n) is 24.8. The Morgan fingerprint density at radius 1 is 0.352 bits per heavy atom. The molecule has 1 aliphatic carbocycles. The first-order valence-corrected chi connectivity index (χ1v) is 26.8. The van der Waals surface area contributed by atoms with Crippen LogP contribution in [-0.4, -0.2) is 12.6 Å². The number of hydrogen-bond acceptors (Lipinski definition) is 1. The van der Waals surface area contributed by atoms with Crippen LogP contribution in [0.25, 0.3) is 60.9 Å². The quantitative estimate of drug-likeness (QED) is 0.138. The van der Waals surface area contributed by atoms with Crippen LogP contribution < -0.4 is 25.6 Å². The molecular weight excluding hydrogens is 873 g/mol. The summed E-state index contributed by atoms with van der Waals surface area (Å²) >= 11 is 0. The summed E-state index contributed by atoms with van der Waals surface area (Å²) in [6.07, 6.45) is 0. The number of benzene rings is 11. The van der Waals surface area contributed by atoms with E-state index in [4.69, 9.17) is 0 Å². The molecule has 14 rings (SSSR count). The van der Waals surface area contributed by atoms with Gasteiger partial charge < -0.3 is 9.47 Å². The highest BCUT2D eigenvalue weighted by atomic mass is 28.3. The molecule has 0 fully saturated rings. The first-order chi connectivity index (χ1) is 35.1. The SMILES string of the molecule is CC1(c2ccccc2)c2ccccc2-c2ccc(-c3ccc(N(c4ccc(-n5c6ccccc6c6ccccc65)cc4)c4cccc([Si]5(c6ccccc6)c6ccccc6-c6ccccc65)c4)cc3)cc21. The van der Waals surface area contributed by atoms with Crippen molar-refractivity contribution < 1.29 is 0 Å². The lowest BCUT2D eigenvalue weighted by atomic mass is 9.74. The van der Waals surface area contributed by atoms with E-state index < -0.39 is 8.07 Å². The zero-order chi connectivity index (χ0) is 47.1. The van der Waals surface area contributed by atoms with Gasteiger partial charge in [-0.15, -0.1) is 0 Å². The monoisotopic (exact) mass is 920 g/mol. The van der Waals surface area contributed by atoms with Crippen molar-refractivity contribution in [3.8, 4) is 39.1 Å². The number of rotatable bonds is 8. The van der Waals surface area contributed by atoms with Gasteiger partial charge in [0.05, 0.1) is 11.0 Å². The Bertz CT molecular complexity index is 3900. The molecule has 1 aromatic heterocycles. The Hall–Kier alpha value is -8.76. The summed E-state index contributed by atoms with van der Waals surface area (Å²) in [4.78, 5) is 2.45. The number of nitrogens with zero attached hydrogens (tertiary/aromatic N) is 2. The number of para-hydroxylation sites is 2. The summed E-state index contributed by atoms with van der Waals surface area (Å²) in [5, 5.41) is 8.16. The van der Waals surface area contributed by atoms with Gasteiger partial charge in [0, 0.05) is 38.9 Å². The van der Waals surface area contributed by atoms with Crippen LogP contribution in [-0.2, 0) is 5.41 Å². The lowest BCUT2D eigenvalue weighted by Crippen LogP contribution is -2.72. The van der Waals surface area contributed by atoms with Gasteiger partial charge >= 0.3 is 0 Å². The third-order valence-corrected chi connectivity index (χ3v) is 20.6. The fourth-order valence-electron chi connectivity index (χ4n) is 12.5. The van der Waals surface area contributed by atoms with Gasteiger partial charge in [-0.2, -0.15) is 0 Å². The minimum Gasteiger partial charge on any atom is -0.311 e. The number of aromatic nitrogens is 1. The average molecular weight is 921 g/mol. The van der Waals surface area contributed by atoms with E-state index in [1.54, 1.807) is 0 Å². The zero-order valence-electron chi connectivity index (χ0n) is 39.4. The first kappa shape index (κ1) is 41.2. The van der Waals surface area contributed by atoms with Gasteiger partial charge in [0.1, 0.15) is 0 Å². The smallest absolute Gasteiger partial charge is 0.180 e. The van der Waals surface area contributed by atoms with E-state index in [9.17, 15) is 0 Å².